The van der Waals surface area contributed by atoms with Crippen molar-refractivity contribution in [3.05, 3.63) is 35.0 Å². The van der Waals surface area contributed by atoms with E-state index in [1.165, 1.54) is 10.9 Å². The smallest absolute Gasteiger partial charge is 0.341 e. The van der Waals surface area contributed by atoms with Crippen LogP contribution < -0.4 is 0 Å². The molecule has 0 amide bonds. The van der Waals surface area contributed by atoms with Gasteiger partial charge < -0.3 is 4.74 Å². The molecule has 0 fully saturated rings. The number of aryl methyl sites for hydroxylation is 1. The lowest BCUT2D eigenvalue weighted by Crippen LogP contribution is -2.04. The minimum Gasteiger partial charge on any atom is -0.462 e. The number of rotatable bonds is 3. The van der Waals surface area contributed by atoms with Gasteiger partial charge in [0.15, 0.2) is 5.82 Å². The molecule has 0 atom stereocenters. The first-order valence-corrected chi connectivity index (χ1v) is 5.71. The van der Waals surface area contributed by atoms with E-state index >= 15 is 0 Å². The highest BCUT2D eigenvalue weighted by Crippen LogP contribution is 2.13. The van der Waals surface area contributed by atoms with Crippen LogP contribution in [0.4, 0.5) is 0 Å². The van der Waals surface area contributed by atoms with Gasteiger partial charge in [-0.2, -0.15) is 10.1 Å². The Labute approximate surface area is 109 Å². The second-order valence-electron chi connectivity index (χ2n) is 3.54. The van der Waals surface area contributed by atoms with Gasteiger partial charge in [-0.25, -0.2) is 14.5 Å². The van der Waals surface area contributed by atoms with Crippen LogP contribution in [-0.4, -0.2) is 32.3 Å². The summed E-state index contributed by atoms with van der Waals surface area (Å²) in [7, 11) is 0. The lowest BCUT2D eigenvalue weighted by Gasteiger charge is -2.03. The highest BCUT2D eigenvalue weighted by Gasteiger charge is 2.12. The van der Waals surface area contributed by atoms with Gasteiger partial charge in [-0.1, -0.05) is 0 Å². The maximum atomic E-state index is 11.5. The molecule has 0 aliphatic heterocycles. The predicted octanol–water partition coefficient (Wildman–Crippen LogP) is 1.80. The molecule has 0 aliphatic carbocycles. The summed E-state index contributed by atoms with van der Waals surface area (Å²) >= 11 is 5.73. The fourth-order valence-electron chi connectivity index (χ4n) is 1.40. The zero-order chi connectivity index (χ0) is 13.1. The minimum atomic E-state index is -0.415. The van der Waals surface area contributed by atoms with Crippen LogP contribution >= 0.6 is 11.6 Å². The summed E-state index contributed by atoms with van der Waals surface area (Å²) in [4.78, 5) is 19.4. The van der Waals surface area contributed by atoms with E-state index in [-0.39, 0.29) is 5.28 Å². The number of halogens is 1. The summed E-state index contributed by atoms with van der Waals surface area (Å²) in [6.07, 6.45) is 4.56. The van der Waals surface area contributed by atoms with E-state index in [9.17, 15) is 4.79 Å². The van der Waals surface area contributed by atoms with E-state index in [0.717, 1.165) is 5.56 Å². The zero-order valence-electron chi connectivity index (χ0n) is 9.92. The first kappa shape index (κ1) is 12.5. The van der Waals surface area contributed by atoms with E-state index in [2.05, 4.69) is 15.1 Å². The maximum absolute atomic E-state index is 11.5. The summed E-state index contributed by atoms with van der Waals surface area (Å²) in [5.74, 6) is 0.118. The number of carbonyl (C=O) groups is 1. The highest BCUT2D eigenvalue weighted by molar-refractivity contribution is 6.28. The Kier molecular flexibility index (Phi) is 3.57. The van der Waals surface area contributed by atoms with Gasteiger partial charge in [-0.05, 0) is 25.4 Å². The van der Waals surface area contributed by atoms with Crippen molar-refractivity contribution in [2.45, 2.75) is 13.8 Å². The Morgan fingerprint density at radius 1 is 1.50 bits per heavy atom. The van der Waals surface area contributed by atoms with Crippen LogP contribution in [0.25, 0.3) is 5.82 Å². The average Bonchev–Trinajstić information content (AvgIpc) is 2.82. The van der Waals surface area contributed by atoms with Gasteiger partial charge in [0.25, 0.3) is 0 Å². The van der Waals surface area contributed by atoms with Crippen molar-refractivity contribution in [2.24, 2.45) is 0 Å². The van der Waals surface area contributed by atoms with Crippen LogP contribution in [0.1, 0.15) is 22.8 Å². The number of hydrogen-bond acceptors (Lipinski definition) is 5. The molecule has 0 aromatic carbocycles. The number of hydrogen-bond donors (Lipinski definition) is 0. The quantitative estimate of drug-likeness (QED) is 0.626. The van der Waals surface area contributed by atoms with Crippen molar-refractivity contribution >= 4 is 17.6 Å². The van der Waals surface area contributed by atoms with Gasteiger partial charge in [0, 0.05) is 18.0 Å². The number of ether oxygens (including phenoxy) is 1. The number of nitrogens with zero attached hydrogens (tertiary/aromatic N) is 4. The van der Waals surface area contributed by atoms with E-state index in [0.29, 0.717) is 18.0 Å². The van der Waals surface area contributed by atoms with Gasteiger partial charge in [-0.15, -0.1) is 0 Å². The third kappa shape index (κ3) is 2.48. The molecule has 94 valence electrons. The lowest BCUT2D eigenvalue weighted by molar-refractivity contribution is 0.0526. The van der Waals surface area contributed by atoms with E-state index in [1.54, 1.807) is 19.3 Å². The highest BCUT2D eigenvalue weighted by atomic mass is 35.5. The molecule has 2 aromatic heterocycles. The molecule has 0 saturated carbocycles. The Balaban J connectivity index is 2.35. The third-order valence-electron chi connectivity index (χ3n) is 2.23. The van der Waals surface area contributed by atoms with Crippen molar-refractivity contribution in [1.29, 1.82) is 0 Å². The second-order valence-corrected chi connectivity index (χ2v) is 3.88. The summed E-state index contributed by atoms with van der Waals surface area (Å²) in [5, 5.41) is 4.19. The fourth-order valence-corrected chi connectivity index (χ4v) is 1.53. The zero-order valence-corrected chi connectivity index (χ0v) is 10.7. The van der Waals surface area contributed by atoms with Crippen LogP contribution in [0.2, 0.25) is 5.28 Å². The van der Waals surface area contributed by atoms with E-state index in [4.69, 9.17) is 16.3 Å². The first-order chi connectivity index (χ1) is 8.61. The number of carbonyl (C=O) groups excluding carboxylic acids is 1. The molecule has 18 heavy (non-hydrogen) atoms. The Bertz CT molecular complexity index is 582. The fraction of sp³-hybridized carbons (Fsp3) is 0.273. The molecular formula is C11H11ClN4O2. The van der Waals surface area contributed by atoms with Crippen LogP contribution in [0.5, 0.6) is 0 Å². The molecule has 7 heteroatoms. The molecule has 2 heterocycles. The topological polar surface area (TPSA) is 69.9 Å². The van der Waals surface area contributed by atoms with Crippen LogP contribution in [0.3, 0.4) is 0 Å². The third-order valence-corrected chi connectivity index (χ3v) is 2.41. The molecule has 2 rings (SSSR count). The summed E-state index contributed by atoms with van der Waals surface area (Å²) in [6, 6.07) is 0. The van der Waals surface area contributed by atoms with Crippen molar-refractivity contribution in [2.75, 3.05) is 6.61 Å². The molecule has 0 saturated heterocycles. The predicted molar refractivity (Wildman–Crippen MR) is 64.9 cm³/mol. The summed E-state index contributed by atoms with van der Waals surface area (Å²) < 4.78 is 6.35. The molecule has 0 spiro atoms. The van der Waals surface area contributed by atoms with Gasteiger partial charge >= 0.3 is 5.97 Å². The van der Waals surface area contributed by atoms with Crippen LogP contribution in [-0.2, 0) is 4.74 Å². The van der Waals surface area contributed by atoms with E-state index < -0.39 is 5.97 Å². The van der Waals surface area contributed by atoms with Crippen molar-refractivity contribution in [1.82, 2.24) is 19.7 Å². The molecule has 0 radical (unpaired) electrons. The Morgan fingerprint density at radius 3 is 3.00 bits per heavy atom. The molecular weight excluding hydrogens is 256 g/mol. The molecule has 6 nitrogen and oxygen atoms in total. The van der Waals surface area contributed by atoms with Gasteiger partial charge in [-0.3, -0.25) is 0 Å². The monoisotopic (exact) mass is 266 g/mol. The van der Waals surface area contributed by atoms with Crippen molar-refractivity contribution < 1.29 is 9.53 Å². The average molecular weight is 267 g/mol. The largest absolute Gasteiger partial charge is 0.462 e. The standard InChI is InChI=1S/C11H11ClN4O2/c1-3-18-10(17)8-5-14-16(6-8)9-7(2)4-13-11(12)15-9/h4-6H,3H2,1-2H3. The van der Waals surface area contributed by atoms with E-state index in [1.807, 2.05) is 6.92 Å². The normalized spacial score (nSPS) is 10.4. The number of aromatic nitrogens is 4. The molecule has 0 unspecified atom stereocenters. The van der Waals surface area contributed by atoms with Gasteiger partial charge in [0.05, 0.1) is 18.4 Å². The Morgan fingerprint density at radius 2 is 2.28 bits per heavy atom. The maximum Gasteiger partial charge on any atom is 0.341 e. The van der Waals surface area contributed by atoms with Crippen LogP contribution in [0, 0.1) is 6.92 Å². The summed E-state index contributed by atoms with van der Waals surface area (Å²) in [5.41, 5.74) is 1.17. The first-order valence-electron chi connectivity index (χ1n) is 5.33. The second kappa shape index (κ2) is 5.14. The molecule has 2 aromatic rings. The van der Waals surface area contributed by atoms with Crippen molar-refractivity contribution in [3.8, 4) is 5.82 Å². The van der Waals surface area contributed by atoms with Crippen LogP contribution in [0.15, 0.2) is 18.6 Å². The van der Waals surface area contributed by atoms with Crippen molar-refractivity contribution in [3.63, 3.8) is 0 Å². The van der Waals surface area contributed by atoms with Gasteiger partial charge in [0.1, 0.15) is 0 Å². The Hall–Kier alpha value is -1.95. The number of esters is 1. The lowest BCUT2D eigenvalue weighted by atomic mass is 10.3. The molecule has 0 bridgehead atoms. The minimum absolute atomic E-state index is 0.129. The SMILES string of the molecule is CCOC(=O)c1cnn(-c2nc(Cl)ncc2C)c1. The molecule has 0 aliphatic rings. The summed E-state index contributed by atoms with van der Waals surface area (Å²) in [6.45, 7) is 3.90. The molecule has 0 N–H and O–H groups in total. The van der Waals surface area contributed by atoms with Gasteiger partial charge in [0.2, 0.25) is 5.28 Å².